The van der Waals surface area contributed by atoms with Crippen LogP contribution in [0.2, 0.25) is 0 Å². The number of carbonyl (C=O) groups is 1. The third-order valence-electron chi connectivity index (χ3n) is 5.23. The molecular formula is C21H26N4O3S2. The van der Waals surface area contributed by atoms with Gasteiger partial charge in [-0.15, -0.1) is 11.3 Å². The molecule has 1 aliphatic heterocycles. The summed E-state index contributed by atoms with van der Waals surface area (Å²) >= 11 is 1.67. The van der Waals surface area contributed by atoms with Crippen molar-refractivity contribution < 1.29 is 13.2 Å². The lowest BCUT2D eigenvalue weighted by atomic mass is 9.97. The lowest BCUT2D eigenvalue weighted by Gasteiger charge is -2.30. The molecule has 0 radical (unpaired) electrons. The van der Waals surface area contributed by atoms with Gasteiger partial charge in [-0.3, -0.25) is 4.79 Å². The van der Waals surface area contributed by atoms with Crippen molar-refractivity contribution >= 4 is 27.3 Å². The monoisotopic (exact) mass is 446 g/mol. The largest absolute Gasteiger partial charge is 0.356 e. The van der Waals surface area contributed by atoms with Crippen molar-refractivity contribution in [2.75, 3.05) is 19.6 Å². The van der Waals surface area contributed by atoms with Crippen molar-refractivity contribution in [1.29, 1.82) is 5.26 Å². The van der Waals surface area contributed by atoms with E-state index in [4.69, 9.17) is 0 Å². The van der Waals surface area contributed by atoms with Crippen molar-refractivity contribution in [2.45, 2.75) is 43.9 Å². The lowest BCUT2D eigenvalue weighted by Crippen LogP contribution is -2.43. The van der Waals surface area contributed by atoms with Crippen molar-refractivity contribution in [3.8, 4) is 6.07 Å². The van der Waals surface area contributed by atoms with Gasteiger partial charge < -0.3 is 5.32 Å². The van der Waals surface area contributed by atoms with Gasteiger partial charge >= 0.3 is 0 Å². The van der Waals surface area contributed by atoms with Crippen LogP contribution in [0.4, 0.5) is 0 Å². The molecule has 1 saturated heterocycles. The zero-order chi connectivity index (χ0) is 21.6. The molecule has 2 heterocycles. The van der Waals surface area contributed by atoms with Gasteiger partial charge in [0.1, 0.15) is 6.07 Å². The highest BCUT2D eigenvalue weighted by atomic mass is 32.2. The molecule has 0 saturated carbocycles. The second-order valence-electron chi connectivity index (χ2n) is 7.42. The fourth-order valence-corrected chi connectivity index (χ4v) is 5.99. The highest BCUT2D eigenvalue weighted by Gasteiger charge is 2.33. The van der Waals surface area contributed by atoms with Gasteiger partial charge in [-0.1, -0.05) is 12.1 Å². The number of rotatable bonds is 8. The Balaban J connectivity index is 1.43. The summed E-state index contributed by atoms with van der Waals surface area (Å²) in [6, 6.07) is 8.16. The zero-order valence-electron chi connectivity index (χ0n) is 17.0. The molecule has 0 unspecified atom stereocenters. The first-order valence-corrected chi connectivity index (χ1v) is 12.4. The average molecular weight is 447 g/mol. The number of piperidine rings is 1. The molecule has 1 fully saturated rings. The normalized spacial score (nSPS) is 15.6. The van der Waals surface area contributed by atoms with Gasteiger partial charge in [0.05, 0.1) is 15.5 Å². The summed E-state index contributed by atoms with van der Waals surface area (Å²) in [4.78, 5) is 16.9. The summed E-state index contributed by atoms with van der Waals surface area (Å²) in [5.74, 6) is -0.182. The van der Waals surface area contributed by atoms with Crippen molar-refractivity contribution in [1.82, 2.24) is 14.6 Å². The molecule has 1 aliphatic rings. The summed E-state index contributed by atoms with van der Waals surface area (Å²) < 4.78 is 27.1. The minimum absolute atomic E-state index is 0.00503. The fraction of sp³-hybridized carbons (Fsp3) is 0.476. The average Bonchev–Trinajstić information content (AvgIpc) is 3.18. The topological polar surface area (TPSA) is 103 Å². The van der Waals surface area contributed by atoms with Crippen LogP contribution in [-0.4, -0.2) is 43.2 Å². The van der Waals surface area contributed by atoms with E-state index in [0.717, 1.165) is 30.0 Å². The molecule has 3 rings (SSSR count). The van der Waals surface area contributed by atoms with Gasteiger partial charge in [0, 0.05) is 36.6 Å². The number of sulfonamides is 1. The van der Waals surface area contributed by atoms with Gasteiger partial charge in [-0.25, -0.2) is 13.4 Å². The van der Waals surface area contributed by atoms with E-state index in [1.807, 2.05) is 18.4 Å². The van der Waals surface area contributed by atoms with E-state index in [0.29, 0.717) is 19.4 Å². The highest BCUT2D eigenvalue weighted by molar-refractivity contribution is 7.89. The van der Waals surface area contributed by atoms with Crippen molar-refractivity contribution in [2.24, 2.45) is 5.92 Å². The zero-order valence-corrected chi connectivity index (χ0v) is 18.6. The van der Waals surface area contributed by atoms with E-state index in [-0.39, 0.29) is 35.4 Å². The smallest absolute Gasteiger partial charge is 0.244 e. The molecule has 1 amide bonds. The standard InChI is InChI=1S/C21H26N4O3S2/c1-16-15-29-20(24-16)8-4-5-11-23-21(26)17-9-12-25(13-10-17)30(27,28)19-7-3-2-6-18(19)14-22/h2-3,6-7,15,17H,4-5,8-13H2,1H3,(H,23,26). The lowest BCUT2D eigenvalue weighted by molar-refractivity contribution is -0.126. The number of hydrogen-bond acceptors (Lipinski definition) is 6. The number of thiazole rings is 1. The Hall–Kier alpha value is -2.28. The molecule has 1 aromatic carbocycles. The summed E-state index contributed by atoms with van der Waals surface area (Å²) in [7, 11) is -3.73. The van der Waals surface area contributed by atoms with E-state index in [2.05, 4.69) is 10.3 Å². The molecule has 0 atom stereocenters. The number of amides is 1. The van der Waals surface area contributed by atoms with Crippen LogP contribution in [0.1, 0.15) is 41.9 Å². The minimum atomic E-state index is -3.73. The molecule has 0 aliphatic carbocycles. The van der Waals surface area contributed by atoms with Crippen LogP contribution < -0.4 is 5.32 Å². The molecular weight excluding hydrogens is 420 g/mol. The SMILES string of the molecule is Cc1csc(CCCCNC(=O)C2CCN(S(=O)(=O)c3ccccc3C#N)CC2)n1. The maximum Gasteiger partial charge on any atom is 0.244 e. The quantitative estimate of drug-likeness (QED) is 0.628. The maximum absolute atomic E-state index is 12.9. The first kappa shape index (κ1) is 22.4. The van der Waals surface area contributed by atoms with E-state index < -0.39 is 10.0 Å². The molecule has 160 valence electrons. The van der Waals surface area contributed by atoms with Crippen LogP contribution in [0.25, 0.3) is 0 Å². The van der Waals surface area contributed by atoms with Gasteiger partial charge in [-0.05, 0) is 51.2 Å². The molecule has 1 aromatic heterocycles. The number of aryl methyl sites for hydroxylation is 2. The number of benzene rings is 1. The fourth-order valence-electron chi connectivity index (χ4n) is 3.56. The van der Waals surface area contributed by atoms with E-state index >= 15 is 0 Å². The summed E-state index contributed by atoms with van der Waals surface area (Å²) in [6.45, 7) is 3.17. The van der Waals surface area contributed by atoms with Crippen LogP contribution in [-0.2, 0) is 21.2 Å². The maximum atomic E-state index is 12.9. The number of hydrogen-bond donors (Lipinski definition) is 1. The Labute approximate surface area is 181 Å². The number of nitriles is 1. The van der Waals surface area contributed by atoms with Crippen molar-refractivity contribution in [3.05, 3.63) is 45.9 Å². The number of nitrogens with zero attached hydrogens (tertiary/aromatic N) is 3. The summed E-state index contributed by atoms with van der Waals surface area (Å²) in [5, 5.41) is 15.3. The van der Waals surface area contributed by atoms with Crippen LogP contribution in [0, 0.1) is 24.2 Å². The number of aromatic nitrogens is 1. The molecule has 0 bridgehead atoms. The predicted molar refractivity (Wildman–Crippen MR) is 115 cm³/mol. The second kappa shape index (κ2) is 10.2. The van der Waals surface area contributed by atoms with Gasteiger partial charge in [0.25, 0.3) is 0 Å². The Morgan fingerprint density at radius 3 is 2.70 bits per heavy atom. The Bertz CT molecular complexity index is 1020. The molecule has 1 N–H and O–H groups in total. The predicted octanol–water partition coefficient (Wildman–Crippen LogP) is 2.86. The van der Waals surface area contributed by atoms with Crippen LogP contribution >= 0.6 is 11.3 Å². The van der Waals surface area contributed by atoms with E-state index in [1.165, 1.54) is 16.4 Å². The Morgan fingerprint density at radius 1 is 1.30 bits per heavy atom. The van der Waals surface area contributed by atoms with Crippen molar-refractivity contribution in [3.63, 3.8) is 0 Å². The first-order chi connectivity index (χ1) is 14.4. The summed E-state index contributed by atoms with van der Waals surface area (Å²) in [6.07, 6.45) is 3.76. The molecule has 7 nitrogen and oxygen atoms in total. The highest BCUT2D eigenvalue weighted by Crippen LogP contribution is 2.25. The third kappa shape index (κ3) is 5.45. The van der Waals surface area contributed by atoms with E-state index in [1.54, 1.807) is 23.5 Å². The Kier molecular flexibility index (Phi) is 7.58. The number of carbonyl (C=O) groups excluding carboxylic acids is 1. The first-order valence-electron chi connectivity index (χ1n) is 10.1. The van der Waals surface area contributed by atoms with Crippen LogP contribution in [0.5, 0.6) is 0 Å². The van der Waals surface area contributed by atoms with Gasteiger partial charge in [0.15, 0.2) is 0 Å². The van der Waals surface area contributed by atoms with Crippen LogP contribution in [0.3, 0.4) is 0 Å². The number of nitrogens with one attached hydrogen (secondary N) is 1. The summed E-state index contributed by atoms with van der Waals surface area (Å²) in [5.41, 5.74) is 1.19. The Morgan fingerprint density at radius 2 is 2.03 bits per heavy atom. The third-order valence-corrected chi connectivity index (χ3v) is 8.22. The number of unbranched alkanes of at least 4 members (excludes halogenated alkanes) is 1. The molecule has 0 spiro atoms. The molecule has 2 aromatic rings. The van der Waals surface area contributed by atoms with Crippen LogP contribution in [0.15, 0.2) is 34.5 Å². The van der Waals surface area contributed by atoms with Gasteiger partial charge in [0.2, 0.25) is 15.9 Å². The molecule has 30 heavy (non-hydrogen) atoms. The molecule has 9 heteroatoms. The second-order valence-corrected chi connectivity index (χ2v) is 10.3. The minimum Gasteiger partial charge on any atom is -0.356 e. The van der Waals surface area contributed by atoms with Gasteiger partial charge in [-0.2, -0.15) is 9.57 Å². The van der Waals surface area contributed by atoms with E-state index in [9.17, 15) is 18.5 Å².